The largest absolute Gasteiger partial charge is 0.446 e. The number of aromatic amines is 1. The van der Waals surface area contributed by atoms with Gasteiger partial charge in [-0.25, -0.2) is 9.89 Å². The van der Waals surface area contributed by atoms with Gasteiger partial charge in [0, 0.05) is 17.3 Å². The Bertz CT molecular complexity index is 670. The number of nitrogens with zero attached hydrogens (tertiary/aromatic N) is 1. The minimum absolute atomic E-state index is 0.0645. The van der Waals surface area contributed by atoms with E-state index in [4.69, 9.17) is 4.74 Å². The monoisotopic (exact) mass is 285 g/mol. The number of anilines is 1. The van der Waals surface area contributed by atoms with Gasteiger partial charge in [-0.15, -0.1) is 0 Å². The molecular weight excluding hydrogens is 270 g/mol. The molecule has 0 saturated heterocycles. The zero-order valence-corrected chi connectivity index (χ0v) is 11.3. The van der Waals surface area contributed by atoms with Crippen LogP contribution in [0.1, 0.15) is 19.3 Å². The van der Waals surface area contributed by atoms with Gasteiger partial charge in [-0.05, 0) is 37.5 Å². The number of benzene rings is 1. The van der Waals surface area contributed by atoms with Crippen LogP contribution in [0.15, 0.2) is 41.2 Å². The maximum atomic E-state index is 11.6. The number of nitrogens with one attached hydrogen (secondary N) is 2. The van der Waals surface area contributed by atoms with Crippen LogP contribution in [-0.2, 0) is 4.74 Å². The second-order valence-electron chi connectivity index (χ2n) is 4.97. The molecule has 1 amide bonds. The molecule has 2 aromatic rings. The molecule has 6 heteroatoms. The Kier molecular flexibility index (Phi) is 3.68. The molecule has 1 aliphatic carbocycles. The Morgan fingerprint density at radius 2 is 1.95 bits per heavy atom. The van der Waals surface area contributed by atoms with Crippen molar-refractivity contribution in [2.45, 2.75) is 25.4 Å². The van der Waals surface area contributed by atoms with Crippen molar-refractivity contribution >= 4 is 11.8 Å². The summed E-state index contributed by atoms with van der Waals surface area (Å²) in [4.78, 5) is 22.6. The van der Waals surface area contributed by atoms with Crippen LogP contribution in [0.2, 0.25) is 0 Å². The van der Waals surface area contributed by atoms with E-state index in [-0.39, 0.29) is 11.7 Å². The summed E-state index contributed by atoms with van der Waals surface area (Å²) in [5.74, 6) is 0. The van der Waals surface area contributed by atoms with Crippen LogP contribution < -0.4 is 10.9 Å². The fourth-order valence-electron chi connectivity index (χ4n) is 2.02. The van der Waals surface area contributed by atoms with E-state index in [1.54, 1.807) is 18.2 Å². The van der Waals surface area contributed by atoms with Gasteiger partial charge in [0.15, 0.2) is 0 Å². The third kappa shape index (κ3) is 3.28. The van der Waals surface area contributed by atoms with Crippen molar-refractivity contribution in [2.75, 3.05) is 5.32 Å². The lowest BCUT2D eigenvalue weighted by Crippen LogP contribution is -2.27. The van der Waals surface area contributed by atoms with Crippen molar-refractivity contribution in [1.29, 1.82) is 0 Å². The quantitative estimate of drug-likeness (QED) is 0.907. The number of ether oxygens (including phenoxy) is 1. The minimum Gasteiger partial charge on any atom is -0.446 e. The molecule has 1 fully saturated rings. The summed E-state index contributed by atoms with van der Waals surface area (Å²) in [5, 5.41) is 9.02. The first-order valence-corrected chi connectivity index (χ1v) is 6.84. The summed E-state index contributed by atoms with van der Waals surface area (Å²) >= 11 is 0. The topological polar surface area (TPSA) is 84.1 Å². The normalized spacial score (nSPS) is 14.3. The smallest absolute Gasteiger partial charge is 0.411 e. The van der Waals surface area contributed by atoms with Crippen LogP contribution in [0.5, 0.6) is 0 Å². The Morgan fingerprint density at radius 3 is 2.52 bits per heavy atom. The summed E-state index contributed by atoms with van der Waals surface area (Å²) in [6.07, 6.45) is 2.66. The van der Waals surface area contributed by atoms with E-state index < -0.39 is 6.09 Å². The van der Waals surface area contributed by atoms with Crippen molar-refractivity contribution in [3.8, 4) is 11.3 Å². The molecule has 1 heterocycles. The Balaban J connectivity index is 1.64. The molecule has 1 aromatic carbocycles. The number of amides is 1. The highest BCUT2D eigenvalue weighted by Gasteiger charge is 2.21. The molecule has 0 aliphatic heterocycles. The zero-order valence-electron chi connectivity index (χ0n) is 11.3. The Morgan fingerprint density at radius 1 is 1.19 bits per heavy atom. The number of H-pyrrole nitrogens is 1. The Hall–Kier alpha value is -2.63. The van der Waals surface area contributed by atoms with Gasteiger partial charge in [-0.2, -0.15) is 5.10 Å². The molecule has 1 aromatic heterocycles. The third-order valence-corrected chi connectivity index (χ3v) is 3.43. The number of hydrogen-bond acceptors (Lipinski definition) is 4. The number of carbonyl (C=O) groups excluding carboxylic acids is 1. The zero-order chi connectivity index (χ0) is 14.7. The summed E-state index contributed by atoms with van der Waals surface area (Å²) in [7, 11) is 0. The predicted molar refractivity (Wildman–Crippen MR) is 78.0 cm³/mol. The van der Waals surface area contributed by atoms with Gasteiger partial charge in [-0.1, -0.05) is 12.1 Å². The standard InChI is InChI=1S/C15H15N3O3/c19-14-9-8-13(17-18-14)10-4-6-11(7-5-10)16-15(20)21-12-2-1-3-12/h4-9,12H,1-3H2,(H,16,20)(H,18,19). The molecule has 1 aliphatic rings. The van der Waals surface area contributed by atoms with Crippen molar-refractivity contribution in [1.82, 2.24) is 10.2 Å². The average Bonchev–Trinajstić information content (AvgIpc) is 2.45. The summed E-state index contributed by atoms with van der Waals surface area (Å²) in [6.45, 7) is 0. The van der Waals surface area contributed by atoms with Crippen LogP contribution >= 0.6 is 0 Å². The minimum atomic E-state index is -0.422. The van der Waals surface area contributed by atoms with Crippen LogP contribution in [0.25, 0.3) is 11.3 Å². The lowest BCUT2D eigenvalue weighted by Gasteiger charge is -2.25. The molecule has 0 bridgehead atoms. The van der Waals surface area contributed by atoms with E-state index in [9.17, 15) is 9.59 Å². The van der Waals surface area contributed by atoms with Gasteiger partial charge in [0.05, 0.1) is 5.69 Å². The maximum Gasteiger partial charge on any atom is 0.411 e. The lowest BCUT2D eigenvalue weighted by molar-refractivity contribution is 0.0624. The highest BCUT2D eigenvalue weighted by atomic mass is 16.6. The van der Waals surface area contributed by atoms with Crippen LogP contribution in [0, 0.1) is 0 Å². The number of carbonyl (C=O) groups is 1. The van der Waals surface area contributed by atoms with Crippen molar-refractivity contribution < 1.29 is 9.53 Å². The van der Waals surface area contributed by atoms with Gasteiger partial charge in [0.1, 0.15) is 6.10 Å². The van der Waals surface area contributed by atoms with Crippen molar-refractivity contribution in [3.05, 3.63) is 46.8 Å². The number of hydrogen-bond donors (Lipinski definition) is 2. The van der Waals surface area contributed by atoms with Crippen molar-refractivity contribution in [3.63, 3.8) is 0 Å². The van der Waals surface area contributed by atoms with E-state index in [0.29, 0.717) is 11.4 Å². The molecule has 2 N–H and O–H groups in total. The lowest BCUT2D eigenvalue weighted by atomic mass is 9.96. The van der Waals surface area contributed by atoms with Crippen molar-refractivity contribution in [2.24, 2.45) is 0 Å². The fraction of sp³-hybridized carbons (Fsp3) is 0.267. The molecule has 0 unspecified atom stereocenters. The first-order chi connectivity index (χ1) is 10.2. The fourth-order valence-corrected chi connectivity index (χ4v) is 2.02. The van der Waals surface area contributed by atoms with E-state index >= 15 is 0 Å². The van der Waals surface area contributed by atoms with Gasteiger partial charge in [-0.3, -0.25) is 10.1 Å². The van der Waals surface area contributed by atoms with E-state index in [2.05, 4.69) is 15.5 Å². The molecule has 0 radical (unpaired) electrons. The predicted octanol–water partition coefficient (Wildman–Crippen LogP) is 2.54. The van der Waals surface area contributed by atoms with Gasteiger partial charge < -0.3 is 4.74 Å². The first kappa shape index (κ1) is 13.4. The highest BCUT2D eigenvalue weighted by molar-refractivity contribution is 5.85. The van der Waals surface area contributed by atoms with E-state index in [0.717, 1.165) is 24.8 Å². The summed E-state index contributed by atoms with van der Waals surface area (Å²) in [6, 6.07) is 10.2. The molecule has 0 spiro atoms. The van der Waals surface area contributed by atoms with Gasteiger partial charge in [0.2, 0.25) is 0 Å². The second-order valence-corrected chi connectivity index (χ2v) is 4.97. The van der Waals surface area contributed by atoms with Crippen LogP contribution in [0.3, 0.4) is 0 Å². The summed E-state index contributed by atoms with van der Waals surface area (Å²) in [5.41, 5.74) is 1.94. The first-order valence-electron chi connectivity index (χ1n) is 6.84. The number of rotatable bonds is 3. The Labute approximate surface area is 121 Å². The highest BCUT2D eigenvalue weighted by Crippen LogP contribution is 2.23. The van der Waals surface area contributed by atoms with E-state index in [1.807, 2.05) is 12.1 Å². The van der Waals surface area contributed by atoms with Crippen LogP contribution in [0.4, 0.5) is 10.5 Å². The van der Waals surface area contributed by atoms with Gasteiger partial charge >= 0.3 is 6.09 Å². The van der Waals surface area contributed by atoms with Gasteiger partial charge in [0.25, 0.3) is 5.56 Å². The molecule has 6 nitrogen and oxygen atoms in total. The average molecular weight is 285 g/mol. The molecule has 21 heavy (non-hydrogen) atoms. The molecule has 0 atom stereocenters. The van der Waals surface area contributed by atoms with E-state index in [1.165, 1.54) is 6.07 Å². The second kappa shape index (κ2) is 5.78. The molecule has 3 rings (SSSR count). The maximum absolute atomic E-state index is 11.6. The molecular formula is C15H15N3O3. The SMILES string of the molecule is O=C(Nc1ccc(-c2ccc(=O)[nH]n2)cc1)OC1CCC1. The number of aromatic nitrogens is 2. The third-order valence-electron chi connectivity index (χ3n) is 3.43. The van der Waals surface area contributed by atoms with Crippen LogP contribution in [-0.4, -0.2) is 22.4 Å². The molecule has 1 saturated carbocycles. The molecule has 108 valence electrons. The summed E-state index contributed by atoms with van der Waals surface area (Å²) < 4.78 is 5.22.